The molecule has 0 atom stereocenters. The third-order valence-corrected chi connectivity index (χ3v) is 3.80. The second kappa shape index (κ2) is 12.0. The molecule has 0 saturated heterocycles. The van der Waals surface area contributed by atoms with Gasteiger partial charge in [-0.3, -0.25) is 4.99 Å². The van der Waals surface area contributed by atoms with E-state index in [-0.39, 0.29) is 5.92 Å². The van der Waals surface area contributed by atoms with Crippen LogP contribution in [0.3, 0.4) is 0 Å². The van der Waals surface area contributed by atoms with Crippen LogP contribution in [-0.2, 0) is 11.2 Å². The van der Waals surface area contributed by atoms with E-state index < -0.39 is 0 Å². The Morgan fingerprint density at radius 1 is 1.29 bits per heavy atom. The smallest absolute Gasteiger partial charge is 0.228 e. The Labute approximate surface area is 166 Å². The quantitative estimate of drug-likeness (QED) is 0.346. The molecule has 1 aromatic carbocycles. The number of ether oxygens (including phenoxy) is 2. The van der Waals surface area contributed by atoms with Crippen LogP contribution in [-0.4, -0.2) is 49.5 Å². The Morgan fingerprint density at radius 3 is 2.86 bits per heavy atom. The molecule has 0 saturated carbocycles. The van der Waals surface area contributed by atoms with Crippen molar-refractivity contribution in [3.8, 4) is 5.75 Å². The maximum atomic E-state index is 5.74. The third kappa shape index (κ3) is 7.56. The highest BCUT2D eigenvalue weighted by molar-refractivity contribution is 5.93. The molecule has 8 nitrogen and oxygen atoms in total. The van der Waals surface area contributed by atoms with Gasteiger partial charge in [-0.25, -0.2) is 0 Å². The molecule has 0 unspecified atom stereocenters. The van der Waals surface area contributed by atoms with E-state index in [1.54, 1.807) is 7.11 Å². The van der Waals surface area contributed by atoms with Gasteiger partial charge in [0.05, 0.1) is 13.2 Å². The predicted molar refractivity (Wildman–Crippen MR) is 110 cm³/mol. The minimum Gasteiger partial charge on any atom is -0.493 e. The van der Waals surface area contributed by atoms with Gasteiger partial charge in [-0.15, -0.1) is 0 Å². The molecule has 28 heavy (non-hydrogen) atoms. The molecule has 2 aromatic rings. The van der Waals surface area contributed by atoms with Crippen molar-refractivity contribution in [1.29, 1.82) is 0 Å². The normalized spacial score (nSPS) is 11.7. The molecular formula is C20H31N5O3. The maximum Gasteiger partial charge on any atom is 0.228 e. The van der Waals surface area contributed by atoms with E-state index in [0.29, 0.717) is 38.0 Å². The van der Waals surface area contributed by atoms with Crippen LogP contribution in [0.4, 0.5) is 5.69 Å². The fourth-order valence-corrected chi connectivity index (χ4v) is 2.37. The summed E-state index contributed by atoms with van der Waals surface area (Å²) in [5.74, 6) is 3.09. The Balaban J connectivity index is 1.90. The van der Waals surface area contributed by atoms with E-state index in [2.05, 4.69) is 25.8 Å². The van der Waals surface area contributed by atoms with Crippen LogP contribution in [0.1, 0.15) is 44.8 Å². The van der Waals surface area contributed by atoms with Crippen molar-refractivity contribution in [3.05, 3.63) is 36.0 Å². The van der Waals surface area contributed by atoms with Gasteiger partial charge in [-0.1, -0.05) is 25.1 Å². The molecule has 154 valence electrons. The van der Waals surface area contributed by atoms with Crippen LogP contribution in [0, 0.1) is 0 Å². The van der Waals surface area contributed by atoms with Crippen LogP contribution in [0.2, 0.25) is 0 Å². The molecule has 8 heteroatoms. The lowest BCUT2D eigenvalue weighted by Gasteiger charge is -2.12. The first-order valence-electron chi connectivity index (χ1n) is 9.72. The molecule has 1 aromatic heterocycles. The number of hydrogen-bond donors (Lipinski definition) is 2. The molecule has 0 bridgehead atoms. The first kappa shape index (κ1) is 21.7. The van der Waals surface area contributed by atoms with Gasteiger partial charge in [0.15, 0.2) is 11.8 Å². The van der Waals surface area contributed by atoms with Crippen molar-refractivity contribution >= 4 is 11.6 Å². The highest BCUT2D eigenvalue weighted by Crippen LogP contribution is 2.17. The topological polar surface area (TPSA) is 93.8 Å². The average molecular weight is 390 g/mol. The van der Waals surface area contributed by atoms with Gasteiger partial charge in [-0.05, 0) is 19.1 Å². The molecule has 0 aliphatic rings. The third-order valence-electron chi connectivity index (χ3n) is 3.80. The summed E-state index contributed by atoms with van der Waals surface area (Å²) < 4.78 is 16.0. The lowest BCUT2D eigenvalue weighted by atomic mass is 10.2. The number of rotatable bonds is 11. The second-order valence-electron chi connectivity index (χ2n) is 6.56. The van der Waals surface area contributed by atoms with Gasteiger partial charge in [0, 0.05) is 50.8 Å². The molecule has 2 rings (SSSR count). The van der Waals surface area contributed by atoms with Crippen LogP contribution in [0.5, 0.6) is 5.75 Å². The fourth-order valence-electron chi connectivity index (χ4n) is 2.37. The second-order valence-corrected chi connectivity index (χ2v) is 6.56. The van der Waals surface area contributed by atoms with Crippen molar-refractivity contribution in [1.82, 2.24) is 15.5 Å². The number of guanidine groups is 1. The highest BCUT2D eigenvalue weighted by atomic mass is 16.5. The molecule has 0 radical (unpaired) electrons. The number of nitrogens with one attached hydrogen (secondary N) is 2. The van der Waals surface area contributed by atoms with E-state index in [0.717, 1.165) is 30.2 Å². The zero-order valence-corrected chi connectivity index (χ0v) is 17.2. The predicted octanol–water partition coefficient (Wildman–Crippen LogP) is 3.23. The van der Waals surface area contributed by atoms with Gasteiger partial charge in [0.1, 0.15) is 5.75 Å². The number of hydrogen-bond acceptors (Lipinski definition) is 6. The molecule has 0 aliphatic heterocycles. The van der Waals surface area contributed by atoms with Crippen LogP contribution < -0.4 is 15.4 Å². The lowest BCUT2D eigenvalue weighted by molar-refractivity contribution is 0.172. The Morgan fingerprint density at radius 2 is 2.14 bits per heavy atom. The van der Waals surface area contributed by atoms with Gasteiger partial charge in [0.25, 0.3) is 0 Å². The van der Waals surface area contributed by atoms with E-state index in [9.17, 15) is 0 Å². The number of benzene rings is 1. The molecule has 0 fully saturated rings. The van der Waals surface area contributed by atoms with Crippen LogP contribution in [0.25, 0.3) is 0 Å². The summed E-state index contributed by atoms with van der Waals surface area (Å²) in [6.45, 7) is 8.71. The van der Waals surface area contributed by atoms with Gasteiger partial charge < -0.3 is 24.6 Å². The molecule has 1 heterocycles. The van der Waals surface area contributed by atoms with E-state index in [1.807, 2.05) is 45.0 Å². The van der Waals surface area contributed by atoms with Crippen molar-refractivity contribution < 1.29 is 14.0 Å². The Bertz CT molecular complexity index is 730. The van der Waals surface area contributed by atoms with Crippen molar-refractivity contribution in [3.63, 3.8) is 0 Å². The highest BCUT2D eigenvalue weighted by Gasteiger charge is 2.09. The van der Waals surface area contributed by atoms with E-state index in [1.165, 1.54) is 0 Å². The zero-order valence-electron chi connectivity index (χ0n) is 17.2. The SMILES string of the molecule is CCNC(=NCCc1nc(C(C)C)no1)Nc1cccc(OCCCOC)c1. The summed E-state index contributed by atoms with van der Waals surface area (Å²) in [6.07, 6.45) is 1.45. The molecule has 0 amide bonds. The first-order valence-corrected chi connectivity index (χ1v) is 9.72. The van der Waals surface area contributed by atoms with Gasteiger partial charge >= 0.3 is 0 Å². The number of aromatic nitrogens is 2. The van der Waals surface area contributed by atoms with Crippen LogP contribution >= 0.6 is 0 Å². The number of anilines is 1. The van der Waals surface area contributed by atoms with Gasteiger partial charge in [-0.2, -0.15) is 4.98 Å². The zero-order chi connectivity index (χ0) is 20.2. The summed E-state index contributed by atoms with van der Waals surface area (Å²) in [7, 11) is 1.69. The number of methoxy groups -OCH3 is 1. The van der Waals surface area contributed by atoms with Crippen LogP contribution in [0.15, 0.2) is 33.8 Å². The minimum atomic E-state index is 0.254. The first-order chi connectivity index (χ1) is 13.6. The fraction of sp³-hybridized carbons (Fsp3) is 0.550. The average Bonchev–Trinajstić information content (AvgIpc) is 3.15. The van der Waals surface area contributed by atoms with Crippen molar-refractivity contribution in [2.45, 2.75) is 39.5 Å². The summed E-state index contributed by atoms with van der Waals surface area (Å²) in [4.78, 5) is 8.96. The molecular weight excluding hydrogens is 358 g/mol. The van der Waals surface area contributed by atoms with E-state index in [4.69, 9.17) is 14.0 Å². The standard InChI is InChI=1S/C20H31N5O3/c1-5-21-20(22-11-10-18-24-19(15(2)3)25-28-18)23-16-8-6-9-17(14-16)27-13-7-12-26-4/h6,8-9,14-15H,5,7,10-13H2,1-4H3,(H2,21,22,23). The lowest BCUT2D eigenvalue weighted by Crippen LogP contribution is -2.30. The molecule has 0 spiro atoms. The summed E-state index contributed by atoms with van der Waals surface area (Å²) in [5.41, 5.74) is 0.906. The summed E-state index contributed by atoms with van der Waals surface area (Å²) in [5, 5.41) is 10.5. The van der Waals surface area contributed by atoms with Crippen molar-refractivity contribution in [2.24, 2.45) is 4.99 Å². The summed E-state index contributed by atoms with van der Waals surface area (Å²) in [6, 6.07) is 7.81. The number of nitrogens with zero attached hydrogens (tertiary/aromatic N) is 3. The Kier molecular flexibility index (Phi) is 9.27. The maximum absolute atomic E-state index is 5.74. The molecule has 0 aliphatic carbocycles. The van der Waals surface area contributed by atoms with E-state index >= 15 is 0 Å². The molecule has 2 N–H and O–H groups in total. The van der Waals surface area contributed by atoms with Crippen molar-refractivity contribution in [2.75, 3.05) is 38.7 Å². The Hall–Kier alpha value is -2.61. The number of aliphatic imine (C=N–C) groups is 1. The van der Waals surface area contributed by atoms with Gasteiger partial charge in [0.2, 0.25) is 5.89 Å². The minimum absolute atomic E-state index is 0.254. The summed E-state index contributed by atoms with van der Waals surface area (Å²) >= 11 is 0. The monoisotopic (exact) mass is 389 g/mol. The largest absolute Gasteiger partial charge is 0.493 e.